The third kappa shape index (κ3) is 3.58. The van der Waals surface area contributed by atoms with E-state index in [0.717, 1.165) is 23.1 Å². The van der Waals surface area contributed by atoms with E-state index in [4.69, 9.17) is 16.3 Å². The van der Waals surface area contributed by atoms with Gasteiger partial charge in [-0.25, -0.2) is 8.78 Å². The van der Waals surface area contributed by atoms with Crippen molar-refractivity contribution in [3.63, 3.8) is 0 Å². The van der Waals surface area contributed by atoms with Gasteiger partial charge in [-0.15, -0.1) is 0 Å². The second kappa shape index (κ2) is 8.39. The predicted octanol–water partition coefficient (Wildman–Crippen LogP) is 4.65. The number of pyridine rings is 1. The molecule has 1 atom stereocenters. The number of amides is 1. The van der Waals surface area contributed by atoms with E-state index >= 15 is 0 Å². The Morgan fingerprint density at radius 1 is 1.16 bits per heavy atom. The smallest absolute Gasteiger partial charge is 0.300 e. The molecule has 4 rings (SSSR count). The van der Waals surface area contributed by atoms with Crippen molar-refractivity contribution in [2.75, 3.05) is 12.0 Å². The molecule has 32 heavy (non-hydrogen) atoms. The van der Waals surface area contributed by atoms with Crippen LogP contribution in [0.2, 0.25) is 5.02 Å². The third-order valence-corrected chi connectivity index (χ3v) is 5.33. The molecule has 0 saturated carbocycles. The highest BCUT2D eigenvalue weighted by molar-refractivity contribution is 6.51. The molecule has 2 aromatic carbocycles. The Morgan fingerprint density at radius 2 is 1.94 bits per heavy atom. The van der Waals surface area contributed by atoms with Crippen LogP contribution >= 0.6 is 11.6 Å². The van der Waals surface area contributed by atoms with Crippen LogP contribution < -0.4 is 9.64 Å². The number of hydrogen-bond acceptors (Lipinski definition) is 5. The average Bonchev–Trinajstić information content (AvgIpc) is 3.06. The minimum absolute atomic E-state index is 0.141. The molecule has 1 N–H and O–H groups in total. The fourth-order valence-electron chi connectivity index (χ4n) is 3.57. The van der Waals surface area contributed by atoms with Crippen LogP contribution in [0.4, 0.5) is 14.5 Å². The Kier molecular flexibility index (Phi) is 5.63. The van der Waals surface area contributed by atoms with Crippen molar-refractivity contribution in [3.8, 4) is 5.75 Å². The molecule has 0 bridgehead atoms. The Bertz CT molecular complexity index is 1260. The number of aromatic nitrogens is 1. The van der Waals surface area contributed by atoms with Crippen LogP contribution in [0, 0.1) is 11.6 Å². The van der Waals surface area contributed by atoms with Crippen LogP contribution in [0.1, 0.15) is 17.2 Å². The summed E-state index contributed by atoms with van der Waals surface area (Å²) in [5, 5.41) is 11.2. The zero-order valence-electron chi connectivity index (χ0n) is 16.6. The monoisotopic (exact) mass is 456 g/mol. The molecule has 1 saturated heterocycles. The van der Waals surface area contributed by atoms with Crippen molar-refractivity contribution in [2.45, 2.75) is 6.04 Å². The average molecular weight is 457 g/mol. The molecule has 1 unspecified atom stereocenters. The number of benzene rings is 2. The van der Waals surface area contributed by atoms with Gasteiger partial charge in [-0.2, -0.15) is 0 Å². The van der Waals surface area contributed by atoms with Crippen molar-refractivity contribution in [1.82, 2.24) is 4.98 Å². The van der Waals surface area contributed by atoms with E-state index in [2.05, 4.69) is 4.98 Å². The number of rotatable bonds is 4. The Labute approximate surface area is 186 Å². The van der Waals surface area contributed by atoms with Gasteiger partial charge < -0.3 is 9.84 Å². The van der Waals surface area contributed by atoms with Crippen molar-refractivity contribution < 1.29 is 28.2 Å². The zero-order chi connectivity index (χ0) is 23.0. The molecule has 1 amide bonds. The Morgan fingerprint density at radius 3 is 2.59 bits per heavy atom. The lowest BCUT2D eigenvalue weighted by atomic mass is 9.96. The maximum Gasteiger partial charge on any atom is 0.300 e. The van der Waals surface area contributed by atoms with E-state index in [1.165, 1.54) is 37.7 Å². The molecule has 6 nitrogen and oxygen atoms in total. The SMILES string of the molecule is COc1ccc(/C(O)=C2\C(=O)C(=O)N(c3cc(F)ccc3F)C2c2cccnc2)cc1Cl. The maximum atomic E-state index is 14.6. The van der Waals surface area contributed by atoms with Crippen molar-refractivity contribution in [1.29, 1.82) is 0 Å². The number of aliphatic hydroxyl groups excluding tert-OH is 1. The lowest BCUT2D eigenvalue weighted by Crippen LogP contribution is -2.30. The molecule has 2 heterocycles. The second-order valence-electron chi connectivity index (χ2n) is 6.90. The fourth-order valence-corrected chi connectivity index (χ4v) is 3.83. The highest BCUT2D eigenvalue weighted by Crippen LogP contribution is 2.43. The first-order valence-corrected chi connectivity index (χ1v) is 9.71. The predicted molar refractivity (Wildman–Crippen MR) is 113 cm³/mol. The molecule has 3 aromatic rings. The highest BCUT2D eigenvalue weighted by atomic mass is 35.5. The number of ether oxygens (including phenoxy) is 1. The summed E-state index contributed by atoms with van der Waals surface area (Å²) >= 11 is 6.14. The van der Waals surface area contributed by atoms with Gasteiger partial charge in [-0.3, -0.25) is 19.5 Å². The number of halogens is 3. The van der Waals surface area contributed by atoms with Gasteiger partial charge >= 0.3 is 0 Å². The zero-order valence-corrected chi connectivity index (χ0v) is 17.3. The van der Waals surface area contributed by atoms with E-state index < -0.39 is 40.8 Å². The summed E-state index contributed by atoms with van der Waals surface area (Å²) in [5.41, 5.74) is -0.292. The van der Waals surface area contributed by atoms with Crippen molar-refractivity contribution >= 4 is 34.7 Å². The van der Waals surface area contributed by atoms with Gasteiger partial charge in [-0.05, 0) is 42.0 Å². The summed E-state index contributed by atoms with van der Waals surface area (Å²) in [6.45, 7) is 0. The summed E-state index contributed by atoms with van der Waals surface area (Å²) in [4.78, 5) is 30.7. The minimum atomic E-state index is -1.25. The van der Waals surface area contributed by atoms with Crippen LogP contribution in [0.25, 0.3) is 5.76 Å². The Balaban J connectivity index is 1.96. The number of hydrogen-bond donors (Lipinski definition) is 1. The summed E-state index contributed by atoms with van der Waals surface area (Å²) in [6, 6.07) is 8.74. The molecule has 1 aromatic heterocycles. The molecule has 0 aliphatic carbocycles. The van der Waals surface area contributed by atoms with Gasteiger partial charge in [0, 0.05) is 24.0 Å². The van der Waals surface area contributed by atoms with E-state index in [9.17, 15) is 23.5 Å². The van der Waals surface area contributed by atoms with E-state index in [1.807, 2.05) is 0 Å². The first kappa shape index (κ1) is 21.5. The normalized spacial score (nSPS) is 17.6. The van der Waals surface area contributed by atoms with Gasteiger partial charge in [0.1, 0.15) is 23.1 Å². The minimum Gasteiger partial charge on any atom is -0.507 e. The van der Waals surface area contributed by atoms with E-state index in [-0.39, 0.29) is 16.2 Å². The molecule has 1 fully saturated rings. The standard InChI is InChI=1S/C23H15ClF2N2O4/c1-32-18-7-4-12(9-15(18)24)21(29)19-20(13-3-2-8-27-11-13)28(23(31)22(19)30)17-10-14(25)5-6-16(17)26/h2-11,20,29H,1H3/b21-19+. The lowest BCUT2D eigenvalue weighted by Gasteiger charge is -2.25. The largest absolute Gasteiger partial charge is 0.507 e. The molecule has 1 aliphatic heterocycles. The molecule has 0 spiro atoms. The molecule has 0 radical (unpaired) electrons. The van der Waals surface area contributed by atoms with Crippen LogP contribution in [-0.2, 0) is 9.59 Å². The Hall–Kier alpha value is -3.78. The molecule has 9 heteroatoms. The highest BCUT2D eigenvalue weighted by Gasteiger charge is 2.48. The molecular formula is C23H15ClF2N2O4. The van der Waals surface area contributed by atoms with E-state index in [0.29, 0.717) is 11.3 Å². The summed E-state index contributed by atoms with van der Waals surface area (Å²) in [5.74, 6) is -4.07. The number of nitrogens with zero attached hydrogens (tertiary/aromatic N) is 2. The molecule has 162 valence electrons. The van der Waals surface area contributed by atoms with Crippen LogP contribution in [0.3, 0.4) is 0 Å². The number of methoxy groups -OCH3 is 1. The summed E-state index contributed by atoms with van der Waals surface area (Å²) < 4.78 is 33.6. The van der Waals surface area contributed by atoms with E-state index in [1.54, 1.807) is 12.1 Å². The molecular weight excluding hydrogens is 442 g/mol. The number of ketones is 1. The van der Waals surface area contributed by atoms with Gasteiger partial charge in [-0.1, -0.05) is 17.7 Å². The number of Topliss-reactive ketones (excluding diaryl/α,β-unsaturated/α-hetero) is 1. The third-order valence-electron chi connectivity index (χ3n) is 5.04. The number of aliphatic hydroxyl groups is 1. The number of anilines is 1. The first-order chi connectivity index (χ1) is 15.3. The van der Waals surface area contributed by atoms with Gasteiger partial charge in [0.2, 0.25) is 0 Å². The number of carbonyl (C=O) groups is 2. The van der Waals surface area contributed by atoms with Crippen molar-refractivity contribution in [2.24, 2.45) is 0 Å². The summed E-state index contributed by atoms with van der Waals surface area (Å²) in [6.07, 6.45) is 2.84. The van der Waals surface area contributed by atoms with Crippen molar-refractivity contribution in [3.05, 3.63) is 94.3 Å². The van der Waals surface area contributed by atoms with Gasteiger partial charge in [0.15, 0.2) is 0 Å². The maximum absolute atomic E-state index is 14.6. The van der Waals surface area contributed by atoms with Gasteiger partial charge in [0.05, 0.1) is 29.4 Å². The number of carbonyl (C=O) groups excluding carboxylic acids is 2. The van der Waals surface area contributed by atoms with Crippen LogP contribution in [0.5, 0.6) is 5.75 Å². The quantitative estimate of drug-likeness (QED) is 0.351. The topological polar surface area (TPSA) is 79.7 Å². The van der Waals surface area contributed by atoms with Gasteiger partial charge in [0.25, 0.3) is 11.7 Å². The summed E-state index contributed by atoms with van der Waals surface area (Å²) in [7, 11) is 1.42. The van der Waals surface area contributed by atoms with Crippen LogP contribution in [-0.4, -0.2) is 28.9 Å². The molecule has 1 aliphatic rings. The van der Waals surface area contributed by atoms with Crippen LogP contribution in [0.15, 0.2) is 66.5 Å². The first-order valence-electron chi connectivity index (χ1n) is 9.33. The second-order valence-corrected chi connectivity index (χ2v) is 7.31. The lowest BCUT2D eigenvalue weighted by molar-refractivity contribution is -0.132. The fraction of sp³-hybridized carbons (Fsp3) is 0.0870.